The highest BCUT2D eigenvalue weighted by molar-refractivity contribution is 6.77. The molecule has 0 N–H and O–H groups in total. The van der Waals surface area contributed by atoms with Crippen LogP contribution in [0.2, 0.25) is 0 Å². The summed E-state index contributed by atoms with van der Waals surface area (Å²) in [5.74, 6) is 0. The van der Waals surface area contributed by atoms with Gasteiger partial charge in [0.15, 0.2) is 0 Å². The molecule has 0 aliphatic heterocycles. The van der Waals surface area contributed by atoms with Crippen LogP contribution in [0, 0.1) is 0 Å². The van der Waals surface area contributed by atoms with Crippen LogP contribution >= 0.6 is 0 Å². The minimum atomic E-state index is 1.03. The molecule has 0 atom stereocenters. The fourth-order valence-electron chi connectivity index (χ4n) is 15.6. The van der Waals surface area contributed by atoms with Gasteiger partial charge in [0, 0.05) is 10.8 Å². The van der Waals surface area contributed by atoms with Gasteiger partial charge in [-0.25, -0.2) is 0 Å². The van der Waals surface area contributed by atoms with Crippen LogP contribution in [0.25, 0.3) is 98.8 Å². The van der Waals surface area contributed by atoms with Gasteiger partial charge in [-0.2, -0.15) is 0 Å². The maximum absolute atomic E-state index is 7.19. The molecule has 10 aromatic rings. The largest absolute Gasteiger partial charge is 0.457 e. The zero-order chi connectivity index (χ0) is 58.4. The molecule has 0 bridgehead atoms. The summed E-state index contributed by atoms with van der Waals surface area (Å²) in [6, 6.07) is 0. The van der Waals surface area contributed by atoms with Crippen molar-refractivity contribution >= 4 is 454 Å². The zero-order valence-corrected chi connectivity index (χ0v) is 54.4. The lowest BCUT2D eigenvalue weighted by atomic mass is 9.54. The highest BCUT2D eigenvalue weighted by Crippen LogP contribution is 2.41. The van der Waals surface area contributed by atoms with Crippen molar-refractivity contribution in [2.24, 2.45) is 0 Å². The molecular formula is C48H60B30O. The van der Waals surface area contributed by atoms with E-state index in [1.54, 1.807) is 0 Å². The first-order chi connectivity index (χ1) is 36.8. The number of furan rings is 1. The second kappa shape index (κ2) is 19.6. The van der Waals surface area contributed by atoms with Gasteiger partial charge in [-0.3, -0.25) is 0 Å². The number of benzene rings is 9. The number of fused-ring (bicyclic) bond motifs is 7. The van der Waals surface area contributed by atoms with E-state index in [2.05, 4.69) is 235 Å². The summed E-state index contributed by atoms with van der Waals surface area (Å²) >= 11 is 0. The van der Waals surface area contributed by atoms with E-state index in [0.717, 1.165) is 11.2 Å². The van der Waals surface area contributed by atoms with Gasteiger partial charge in [-0.05, 0) is 76.8 Å². The van der Waals surface area contributed by atoms with Gasteiger partial charge >= 0.3 is 0 Å². The van der Waals surface area contributed by atoms with E-state index < -0.39 is 0 Å². The molecule has 0 radical (unpaired) electrons. The quantitative estimate of drug-likeness (QED) is 0.127. The Balaban J connectivity index is 1.43. The summed E-state index contributed by atoms with van der Waals surface area (Å²) in [7, 11) is 71.3. The molecule has 0 saturated carbocycles. The Kier molecular flexibility index (Phi) is 14.3. The molecule has 0 aliphatic carbocycles. The average Bonchev–Trinajstić information content (AvgIpc) is 4.07. The van der Waals surface area contributed by atoms with Gasteiger partial charge < -0.3 is 4.42 Å². The second-order valence-electron chi connectivity index (χ2n) is 25.5. The smallest absolute Gasteiger partial charge is 0.143 e. The van der Waals surface area contributed by atoms with Crippen LogP contribution in [-0.2, 0) is 0 Å². The fraction of sp³-hybridized carbons (Fsp3) is 0. The first-order valence-corrected chi connectivity index (χ1v) is 29.4. The SMILES string of the molecule is Bc1c(B)c(B)c(-c2c(B)c(B)c(B)c(B)c2-c2c3c(B)c(B)c(B)c(B)c3c(-c3c(B)c(B)c(-c4c(B)c(B)c5oc6c(B)c(B)c7c(B)c(B)c(B)c(B)c7c6c5c4B)c(B)c3B)c3c(B)c(B)c(B)c(B)c23)c(B)c1B. The monoisotopic (exact) mass is 983 g/mol. The van der Waals surface area contributed by atoms with E-state index in [9.17, 15) is 0 Å². The second-order valence-corrected chi connectivity index (χ2v) is 25.5. The summed E-state index contributed by atoms with van der Waals surface area (Å²) in [5, 5.41) is 10.9. The predicted molar refractivity (Wildman–Crippen MR) is 453 cm³/mol. The normalized spacial score (nSPS) is 11.8. The molecule has 10 rings (SSSR count). The predicted octanol–water partition coefficient (Wildman–Crippen LogP) is -38.5. The average molecular weight is 977 g/mol. The lowest BCUT2D eigenvalue weighted by Gasteiger charge is -2.33. The van der Waals surface area contributed by atoms with Crippen molar-refractivity contribution in [3.8, 4) is 44.5 Å². The Morgan fingerprint density at radius 3 is 0.684 bits per heavy atom. The highest BCUT2D eigenvalue weighted by atomic mass is 16.3. The van der Waals surface area contributed by atoms with E-state index in [0.29, 0.717) is 0 Å². The topological polar surface area (TPSA) is 13.1 Å². The van der Waals surface area contributed by atoms with Crippen molar-refractivity contribution < 1.29 is 4.42 Å². The third-order valence-corrected chi connectivity index (χ3v) is 22.8. The molecule has 0 fully saturated rings. The van der Waals surface area contributed by atoms with Gasteiger partial charge in [0.05, 0.1) is 0 Å². The Labute approximate surface area is 498 Å². The lowest BCUT2D eigenvalue weighted by Crippen LogP contribution is -2.57. The molecule has 0 aliphatic rings. The van der Waals surface area contributed by atoms with Crippen LogP contribution in [0.1, 0.15) is 0 Å². The van der Waals surface area contributed by atoms with E-state index in [1.165, 1.54) is 251 Å². The molecule has 0 saturated heterocycles. The third-order valence-electron chi connectivity index (χ3n) is 22.8. The zero-order valence-electron chi connectivity index (χ0n) is 54.4. The van der Waals surface area contributed by atoms with Crippen molar-refractivity contribution in [1.29, 1.82) is 0 Å². The van der Waals surface area contributed by atoms with E-state index in [-0.39, 0.29) is 0 Å². The molecule has 1 heterocycles. The summed E-state index contributed by atoms with van der Waals surface area (Å²) in [4.78, 5) is 0. The Hall–Kier alpha value is -4.49. The van der Waals surface area contributed by atoms with Crippen LogP contribution in [-0.4, -0.2) is 235 Å². The van der Waals surface area contributed by atoms with Crippen LogP contribution in [0.3, 0.4) is 0 Å². The molecule has 348 valence electrons. The van der Waals surface area contributed by atoms with Gasteiger partial charge in [0.2, 0.25) is 0 Å². The molecule has 79 heavy (non-hydrogen) atoms. The van der Waals surface area contributed by atoms with Crippen molar-refractivity contribution in [2.75, 3.05) is 0 Å². The highest BCUT2D eigenvalue weighted by Gasteiger charge is 2.33. The standard InChI is InChI=1S/C48H60B30O/c49-17-14(33(65)46(78)48-16(17)10-9-13(32(64)45(77)47(10)79-48)31(63)41(73)40(72)24(9)56)15-27(59)25(57)11(26(58)28(15)60)2-6-3(18(50)34(66)37(69)21(6)53)1(4-7(2)22(54)38(70)35(67)19(4)51)5-8(23(55)39(71)36(68)20(5)52)12-29(61)42(74)44(76)43(75)30(12)62/h49-78H2. The number of hydrogen-bond donors (Lipinski definition) is 0. The van der Waals surface area contributed by atoms with Crippen molar-refractivity contribution in [2.45, 2.75) is 0 Å². The Bertz CT molecular complexity index is 4460. The molecule has 1 aromatic heterocycles. The van der Waals surface area contributed by atoms with Crippen LogP contribution in [0.4, 0.5) is 0 Å². The van der Waals surface area contributed by atoms with E-state index in [4.69, 9.17) is 4.42 Å². The fourth-order valence-corrected chi connectivity index (χ4v) is 15.6. The summed E-state index contributed by atoms with van der Waals surface area (Å²) in [5.41, 5.74) is 54.1. The first kappa shape index (κ1) is 57.7. The molecule has 0 spiro atoms. The third kappa shape index (κ3) is 7.52. The molecule has 0 unspecified atom stereocenters. The van der Waals surface area contributed by atoms with Gasteiger partial charge in [-0.1, -0.05) is 104 Å². The Morgan fingerprint density at radius 1 is 0.114 bits per heavy atom. The molecule has 9 aromatic carbocycles. The molecule has 0 amide bonds. The maximum atomic E-state index is 7.19. The summed E-state index contributed by atoms with van der Waals surface area (Å²) < 4.78 is 7.19. The minimum Gasteiger partial charge on any atom is -0.457 e. The van der Waals surface area contributed by atoms with Gasteiger partial charge in [0.1, 0.15) is 247 Å². The van der Waals surface area contributed by atoms with E-state index in [1.807, 2.05) is 0 Å². The lowest BCUT2D eigenvalue weighted by molar-refractivity contribution is 0.675. The molecular weight excluding hydrogens is 917 g/mol. The molecule has 1 nitrogen and oxygen atoms in total. The summed E-state index contributed by atoms with van der Waals surface area (Å²) in [6.07, 6.45) is 0. The number of rotatable bonds is 4. The van der Waals surface area contributed by atoms with Crippen molar-refractivity contribution in [1.82, 2.24) is 0 Å². The maximum Gasteiger partial charge on any atom is 0.143 e. The molecule has 31 heteroatoms. The van der Waals surface area contributed by atoms with Gasteiger partial charge in [-0.15, -0.1) is 60.1 Å². The van der Waals surface area contributed by atoms with Crippen molar-refractivity contribution in [3.05, 3.63) is 0 Å². The van der Waals surface area contributed by atoms with Gasteiger partial charge in [0.25, 0.3) is 0 Å². The van der Waals surface area contributed by atoms with Crippen molar-refractivity contribution in [3.63, 3.8) is 0 Å². The first-order valence-electron chi connectivity index (χ1n) is 29.4. The number of hydrogen-bond acceptors (Lipinski definition) is 1. The van der Waals surface area contributed by atoms with Crippen LogP contribution in [0.15, 0.2) is 4.42 Å². The van der Waals surface area contributed by atoms with Crippen LogP contribution < -0.4 is 164 Å². The van der Waals surface area contributed by atoms with Crippen LogP contribution in [0.5, 0.6) is 0 Å². The Morgan fingerprint density at radius 2 is 0.304 bits per heavy atom. The summed E-state index contributed by atoms with van der Waals surface area (Å²) in [6.45, 7) is 0. The van der Waals surface area contributed by atoms with E-state index >= 15 is 0 Å². The minimum absolute atomic E-state index is 1.03.